The Morgan fingerprint density at radius 3 is 2.40 bits per heavy atom. The number of piperidine rings is 1. The predicted octanol–water partition coefficient (Wildman–Crippen LogP) is 3.88. The Balaban J connectivity index is 1.28. The molecule has 13 heteroatoms. The fourth-order valence-electron chi connectivity index (χ4n) is 4.74. The minimum Gasteiger partial charge on any atom is -0.306 e. The molecule has 1 aliphatic rings. The number of nitrogens with zero attached hydrogens (tertiary/aromatic N) is 7. The van der Waals surface area contributed by atoms with Gasteiger partial charge in [-0.05, 0) is 68.3 Å². The van der Waals surface area contributed by atoms with E-state index in [9.17, 15) is 17.6 Å². The molecule has 0 saturated carbocycles. The van der Waals surface area contributed by atoms with Gasteiger partial charge in [-0.2, -0.15) is 19.2 Å². The average molecular weight is 561 g/mol. The summed E-state index contributed by atoms with van der Waals surface area (Å²) in [6.45, 7) is 2.80. The van der Waals surface area contributed by atoms with Gasteiger partial charge in [0.15, 0.2) is 11.5 Å². The van der Waals surface area contributed by atoms with Crippen LogP contribution in [0.25, 0.3) is 22.5 Å². The Labute approximate surface area is 229 Å². The topological polar surface area (TPSA) is 128 Å². The van der Waals surface area contributed by atoms with Gasteiger partial charge in [0.25, 0.3) is 5.91 Å². The van der Waals surface area contributed by atoms with Crippen molar-refractivity contribution in [3.63, 3.8) is 0 Å². The second-order valence-corrected chi connectivity index (χ2v) is 11.4. The van der Waals surface area contributed by atoms with Crippen molar-refractivity contribution in [3.8, 4) is 11.5 Å². The molecule has 204 valence electrons. The zero-order valence-electron chi connectivity index (χ0n) is 21.5. The first-order chi connectivity index (χ1) is 19.3. The van der Waals surface area contributed by atoms with Gasteiger partial charge in [-0.3, -0.25) is 4.79 Å². The van der Waals surface area contributed by atoms with Crippen LogP contribution in [0.3, 0.4) is 0 Å². The molecule has 40 heavy (non-hydrogen) atoms. The number of halogens is 1. The zero-order chi connectivity index (χ0) is 27.9. The minimum atomic E-state index is -3.60. The number of rotatable bonds is 6. The summed E-state index contributed by atoms with van der Waals surface area (Å²) in [7, 11) is -3.60. The van der Waals surface area contributed by atoms with Crippen LogP contribution in [-0.4, -0.2) is 61.2 Å². The van der Waals surface area contributed by atoms with Crippen LogP contribution in [-0.2, 0) is 10.0 Å². The molecule has 2 aromatic carbocycles. The number of hydrogen-bond acceptors (Lipinski definition) is 7. The van der Waals surface area contributed by atoms with Gasteiger partial charge in [-0.15, -0.1) is 0 Å². The molecule has 3 aromatic heterocycles. The number of aromatic nitrogens is 6. The molecule has 0 spiro atoms. The quantitative estimate of drug-likeness (QED) is 0.334. The van der Waals surface area contributed by atoms with E-state index in [0.29, 0.717) is 52.7 Å². The van der Waals surface area contributed by atoms with E-state index in [1.807, 2.05) is 0 Å². The summed E-state index contributed by atoms with van der Waals surface area (Å²) in [4.78, 5) is 22.1. The van der Waals surface area contributed by atoms with Crippen molar-refractivity contribution < 1.29 is 17.6 Å². The van der Waals surface area contributed by atoms with E-state index in [-0.39, 0.29) is 10.7 Å². The van der Waals surface area contributed by atoms with Gasteiger partial charge in [0.2, 0.25) is 10.0 Å². The van der Waals surface area contributed by atoms with Crippen LogP contribution >= 0.6 is 0 Å². The normalized spacial score (nSPS) is 14.4. The molecule has 6 rings (SSSR count). The molecule has 11 nitrogen and oxygen atoms in total. The summed E-state index contributed by atoms with van der Waals surface area (Å²) in [6.07, 6.45) is 5.66. The highest BCUT2D eigenvalue weighted by Gasteiger charge is 2.26. The highest BCUT2D eigenvalue weighted by Crippen LogP contribution is 2.25. The molecule has 0 unspecified atom stereocenters. The second-order valence-electron chi connectivity index (χ2n) is 9.49. The number of hydrogen-bond donors (Lipinski definition) is 1. The number of nitrogens with one attached hydrogen (secondary N) is 1. The van der Waals surface area contributed by atoms with Crippen molar-refractivity contribution in [2.24, 2.45) is 0 Å². The Hall–Kier alpha value is -4.49. The van der Waals surface area contributed by atoms with Crippen LogP contribution < -0.4 is 5.32 Å². The number of fused-ring (bicyclic) bond motifs is 1. The Kier molecular flexibility index (Phi) is 6.60. The van der Waals surface area contributed by atoms with Crippen molar-refractivity contribution in [1.29, 1.82) is 0 Å². The third-order valence-electron chi connectivity index (χ3n) is 6.76. The third kappa shape index (κ3) is 4.73. The molecule has 0 aliphatic carbocycles. The number of carbonyl (C=O) groups is 1. The van der Waals surface area contributed by atoms with Crippen molar-refractivity contribution in [1.82, 2.24) is 33.8 Å². The highest BCUT2D eigenvalue weighted by molar-refractivity contribution is 7.89. The van der Waals surface area contributed by atoms with Gasteiger partial charge >= 0.3 is 0 Å². The maximum absolute atomic E-state index is 13.4. The lowest BCUT2D eigenvalue weighted by Gasteiger charge is -2.25. The van der Waals surface area contributed by atoms with Crippen LogP contribution in [0, 0.1) is 12.7 Å². The smallest absolute Gasteiger partial charge is 0.256 e. The fraction of sp³-hybridized carbons (Fsp3) is 0.222. The lowest BCUT2D eigenvalue weighted by molar-refractivity contribution is 0.102. The lowest BCUT2D eigenvalue weighted by Crippen LogP contribution is -2.35. The van der Waals surface area contributed by atoms with Gasteiger partial charge in [0, 0.05) is 24.7 Å². The molecular formula is C27H25FN8O3S. The van der Waals surface area contributed by atoms with Crippen LogP contribution in [0.5, 0.6) is 0 Å². The van der Waals surface area contributed by atoms with E-state index in [1.165, 1.54) is 51.7 Å². The van der Waals surface area contributed by atoms with Crippen LogP contribution in [0.4, 0.5) is 10.2 Å². The van der Waals surface area contributed by atoms with Crippen molar-refractivity contribution in [2.75, 3.05) is 18.4 Å². The zero-order valence-corrected chi connectivity index (χ0v) is 22.3. The molecule has 5 aromatic rings. The third-order valence-corrected chi connectivity index (χ3v) is 8.67. The van der Waals surface area contributed by atoms with Gasteiger partial charge in [-0.25, -0.2) is 27.5 Å². The summed E-state index contributed by atoms with van der Waals surface area (Å²) in [6, 6.07) is 13.5. The summed E-state index contributed by atoms with van der Waals surface area (Å²) in [5, 5.41) is 12.3. The molecule has 1 N–H and O–H groups in total. The SMILES string of the molecule is Cc1cc(NC(=O)c2ccc(S(=O)(=O)N3CCCCC3)cc2)n(-c2ncnc3c2cnn3-c2ccc(F)cc2)n1. The summed E-state index contributed by atoms with van der Waals surface area (Å²) >= 11 is 0. The number of aryl methyl sites for hydroxylation is 1. The van der Waals surface area contributed by atoms with Gasteiger partial charge in [0.1, 0.15) is 18.0 Å². The number of carbonyl (C=O) groups excluding carboxylic acids is 1. The van der Waals surface area contributed by atoms with Crippen LogP contribution in [0.15, 0.2) is 72.0 Å². The van der Waals surface area contributed by atoms with Crippen molar-refractivity contribution in [2.45, 2.75) is 31.1 Å². The fourth-order valence-corrected chi connectivity index (χ4v) is 6.26. The first kappa shape index (κ1) is 25.8. The largest absolute Gasteiger partial charge is 0.306 e. The summed E-state index contributed by atoms with van der Waals surface area (Å²) in [5.41, 5.74) is 2.03. The van der Waals surface area contributed by atoms with Crippen molar-refractivity contribution in [3.05, 3.63) is 84.2 Å². The van der Waals surface area contributed by atoms with E-state index in [4.69, 9.17) is 0 Å². The molecule has 1 fully saturated rings. The van der Waals surface area contributed by atoms with Gasteiger partial charge < -0.3 is 5.32 Å². The maximum Gasteiger partial charge on any atom is 0.256 e. The van der Waals surface area contributed by atoms with E-state index in [0.717, 1.165) is 19.3 Å². The molecule has 0 atom stereocenters. The number of benzene rings is 2. The standard InChI is InChI=1S/C27H25FN8O3S/c1-18-15-24(32-27(37)19-5-11-22(12-6-19)40(38,39)34-13-3-2-4-14-34)36(33-18)26-23-16-31-35(25(23)29-17-30-26)21-9-7-20(28)8-10-21/h5-12,15-17H,2-4,13-14H2,1H3,(H,32,37). The molecule has 1 saturated heterocycles. The first-order valence-corrected chi connectivity index (χ1v) is 14.2. The van der Waals surface area contributed by atoms with Crippen LogP contribution in [0.1, 0.15) is 35.3 Å². The minimum absolute atomic E-state index is 0.161. The summed E-state index contributed by atoms with van der Waals surface area (Å²) < 4.78 is 43.9. The predicted molar refractivity (Wildman–Crippen MR) is 145 cm³/mol. The maximum atomic E-state index is 13.4. The van der Waals surface area contributed by atoms with E-state index < -0.39 is 15.9 Å². The number of amides is 1. The second kappa shape index (κ2) is 10.2. The molecular weight excluding hydrogens is 535 g/mol. The molecule has 1 aliphatic heterocycles. The Morgan fingerprint density at radius 1 is 0.950 bits per heavy atom. The lowest BCUT2D eigenvalue weighted by atomic mass is 10.2. The first-order valence-electron chi connectivity index (χ1n) is 12.7. The Bertz CT molecular complexity index is 1810. The van der Waals surface area contributed by atoms with E-state index in [1.54, 1.807) is 36.0 Å². The van der Waals surface area contributed by atoms with Crippen molar-refractivity contribution >= 4 is 32.8 Å². The van der Waals surface area contributed by atoms with E-state index >= 15 is 0 Å². The van der Waals surface area contributed by atoms with Gasteiger partial charge in [0.05, 0.1) is 27.9 Å². The molecule has 1 amide bonds. The van der Waals surface area contributed by atoms with Crippen LogP contribution in [0.2, 0.25) is 0 Å². The molecule has 4 heterocycles. The number of anilines is 1. The summed E-state index contributed by atoms with van der Waals surface area (Å²) in [5.74, 6) is -0.0386. The number of sulfonamides is 1. The highest BCUT2D eigenvalue weighted by atomic mass is 32.2. The van der Waals surface area contributed by atoms with E-state index in [2.05, 4.69) is 25.5 Å². The average Bonchev–Trinajstić information content (AvgIpc) is 3.57. The molecule has 0 radical (unpaired) electrons. The van der Waals surface area contributed by atoms with Gasteiger partial charge in [-0.1, -0.05) is 6.42 Å². The monoisotopic (exact) mass is 560 g/mol. The Morgan fingerprint density at radius 2 is 1.68 bits per heavy atom. The molecule has 0 bridgehead atoms.